The van der Waals surface area contributed by atoms with Crippen molar-refractivity contribution in [2.45, 2.75) is 37.3 Å². The first-order valence-electron chi connectivity index (χ1n) is 5.89. The van der Waals surface area contributed by atoms with E-state index in [0.29, 0.717) is 0 Å². The first-order chi connectivity index (χ1) is 6.78. The molecule has 2 aliphatic heterocycles. The summed E-state index contributed by atoms with van der Waals surface area (Å²) in [6.07, 6.45) is 5.16. The molecule has 3 nitrogen and oxygen atoms in total. The Labute approximate surface area is 85.6 Å². The van der Waals surface area contributed by atoms with E-state index < -0.39 is 0 Å². The smallest absolute Gasteiger partial charge is 0.0480 e. The van der Waals surface area contributed by atoms with E-state index in [1.54, 1.807) is 0 Å². The Bertz CT molecular complexity index is 215. The number of nitrogens with zero attached hydrogens (tertiary/aromatic N) is 1. The van der Waals surface area contributed by atoms with Crippen LogP contribution in [0.3, 0.4) is 0 Å². The van der Waals surface area contributed by atoms with Crippen molar-refractivity contribution in [2.24, 2.45) is 11.7 Å². The lowest BCUT2D eigenvalue weighted by Gasteiger charge is -2.52. The molecule has 1 saturated carbocycles. The molecule has 3 aliphatic rings. The van der Waals surface area contributed by atoms with Crippen LogP contribution in [-0.2, 0) is 4.74 Å². The van der Waals surface area contributed by atoms with E-state index in [4.69, 9.17) is 10.5 Å². The van der Waals surface area contributed by atoms with E-state index in [0.717, 1.165) is 38.3 Å². The number of hydrogen-bond donors (Lipinski definition) is 1. The lowest BCUT2D eigenvalue weighted by atomic mass is 9.83. The van der Waals surface area contributed by atoms with Gasteiger partial charge < -0.3 is 10.5 Å². The Morgan fingerprint density at radius 3 is 2.29 bits per heavy atom. The van der Waals surface area contributed by atoms with E-state index in [-0.39, 0.29) is 5.54 Å². The second kappa shape index (κ2) is 3.19. The highest BCUT2D eigenvalue weighted by atomic mass is 16.5. The van der Waals surface area contributed by atoms with Gasteiger partial charge in [-0.1, -0.05) is 0 Å². The first-order valence-corrected chi connectivity index (χ1v) is 5.89. The highest BCUT2D eigenvalue weighted by Gasteiger charge is 2.51. The summed E-state index contributed by atoms with van der Waals surface area (Å²) in [5, 5.41) is 0. The first kappa shape index (κ1) is 9.13. The second-order valence-corrected chi connectivity index (χ2v) is 5.26. The zero-order valence-corrected chi connectivity index (χ0v) is 8.74. The maximum atomic E-state index is 6.33. The minimum atomic E-state index is 0.193. The molecule has 0 unspecified atom stereocenters. The highest BCUT2D eigenvalue weighted by Crippen LogP contribution is 2.44. The number of ether oxygens (including phenoxy) is 1. The van der Waals surface area contributed by atoms with E-state index in [2.05, 4.69) is 4.90 Å². The third-order valence-electron chi connectivity index (χ3n) is 4.09. The lowest BCUT2D eigenvalue weighted by Crippen LogP contribution is -2.71. The van der Waals surface area contributed by atoms with E-state index in [1.807, 2.05) is 0 Å². The van der Waals surface area contributed by atoms with Crippen LogP contribution in [0.15, 0.2) is 0 Å². The van der Waals surface area contributed by atoms with Crippen LogP contribution >= 0.6 is 0 Å². The molecule has 1 aliphatic carbocycles. The number of rotatable bonds is 2. The van der Waals surface area contributed by atoms with E-state index >= 15 is 0 Å². The molecule has 0 radical (unpaired) electrons. The van der Waals surface area contributed by atoms with Crippen molar-refractivity contribution in [2.75, 3.05) is 26.3 Å². The van der Waals surface area contributed by atoms with Crippen molar-refractivity contribution in [3.8, 4) is 0 Å². The predicted octanol–water partition coefficient (Wildman–Crippen LogP) is 0.588. The fourth-order valence-corrected chi connectivity index (χ4v) is 2.93. The van der Waals surface area contributed by atoms with Crippen LogP contribution in [0, 0.1) is 5.92 Å². The SMILES string of the molecule is NC1(C2CC2)CN(C2CCOCC2)C1. The van der Waals surface area contributed by atoms with Gasteiger partial charge in [-0.2, -0.15) is 0 Å². The maximum Gasteiger partial charge on any atom is 0.0480 e. The Kier molecular flexibility index (Phi) is 2.08. The molecule has 3 heteroatoms. The van der Waals surface area contributed by atoms with Gasteiger partial charge in [-0.25, -0.2) is 0 Å². The number of hydrogen-bond acceptors (Lipinski definition) is 3. The normalized spacial score (nSPS) is 34.1. The van der Waals surface area contributed by atoms with Gasteiger partial charge in [0.05, 0.1) is 0 Å². The van der Waals surface area contributed by atoms with Crippen molar-refractivity contribution >= 4 is 0 Å². The molecule has 2 saturated heterocycles. The summed E-state index contributed by atoms with van der Waals surface area (Å²) in [5.41, 5.74) is 6.53. The standard InChI is InChI=1S/C11H20N2O/c12-11(9-1-2-9)7-13(8-11)10-3-5-14-6-4-10/h9-10H,1-8,12H2. The van der Waals surface area contributed by atoms with E-state index in [9.17, 15) is 0 Å². The van der Waals surface area contributed by atoms with Gasteiger partial charge in [-0.15, -0.1) is 0 Å². The van der Waals surface area contributed by atoms with Crippen LogP contribution in [0.2, 0.25) is 0 Å². The average molecular weight is 196 g/mol. The molecule has 2 heterocycles. The Balaban J connectivity index is 1.52. The summed E-state index contributed by atoms with van der Waals surface area (Å²) >= 11 is 0. The van der Waals surface area contributed by atoms with Gasteiger partial charge in [0.1, 0.15) is 0 Å². The van der Waals surface area contributed by atoms with Gasteiger partial charge in [0.2, 0.25) is 0 Å². The maximum absolute atomic E-state index is 6.33. The number of nitrogens with two attached hydrogens (primary N) is 1. The quantitative estimate of drug-likeness (QED) is 0.702. The van der Waals surface area contributed by atoms with Crippen LogP contribution in [0.25, 0.3) is 0 Å². The molecular weight excluding hydrogens is 176 g/mol. The van der Waals surface area contributed by atoms with Crippen LogP contribution < -0.4 is 5.73 Å². The van der Waals surface area contributed by atoms with Crippen molar-refractivity contribution in [3.05, 3.63) is 0 Å². The monoisotopic (exact) mass is 196 g/mol. The molecule has 3 fully saturated rings. The Morgan fingerprint density at radius 2 is 1.71 bits per heavy atom. The topological polar surface area (TPSA) is 38.5 Å². The molecule has 0 atom stereocenters. The van der Waals surface area contributed by atoms with Crippen LogP contribution in [0.5, 0.6) is 0 Å². The van der Waals surface area contributed by atoms with Gasteiger partial charge in [-0.3, -0.25) is 4.90 Å². The molecule has 14 heavy (non-hydrogen) atoms. The molecule has 0 spiro atoms. The van der Waals surface area contributed by atoms with Crippen molar-refractivity contribution < 1.29 is 4.74 Å². The van der Waals surface area contributed by atoms with Gasteiger partial charge >= 0.3 is 0 Å². The minimum absolute atomic E-state index is 0.193. The summed E-state index contributed by atoms with van der Waals surface area (Å²) in [5.74, 6) is 0.846. The van der Waals surface area contributed by atoms with Gasteiger partial charge in [0.15, 0.2) is 0 Å². The molecule has 0 bridgehead atoms. The molecule has 0 amide bonds. The second-order valence-electron chi connectivity index (χ2n) is 5.26. The molecule has 0 aromatic carbocycles. The minimum Gasteiger partial charge on any atom is -0.381 e. The Morgan fingerprint density at radius 1 is 1.07 bits per heavy atom. The molecular formula is C11H20N2O. The largest absolute Gasteiger partial charge is 0.381 e. The zero-order valence-electron chi connectivity index (χ0n) is 8.74. The predicted molar refractivity (Wildman–Crippen MR) is 55.1 cm³/mol. The molecule has 0 aromatic heterocycles. The Hall–Kier alpha value is -0.120. The lowest BCUT2D eigenvalue weighted by molar-refractivity contribution is -0.0332. The van der Waals surface area contributed by atoms with Crippen LogP contribution in [0.1, 0.15) is 25.7 Å². The van der Waals surface area contributed by atoms with Gasteiger partial charge in [0, 0.05) is 37.9 Å². The zero-order chi connectivity index (χ0) is 9.60. The number of likely N-dealkylation sites (tertiary alicyclic amines) is 1. The van der Waals surface area contributed by atoms with Crippen LogP contribution in [-0.4, -0.2) is 42.8 Å². The van der Waals surface area contributed by atoms with Crippen molar-refractivity contribution in [1.29, 1.82) is 0 Å². The molecule has 0 aromatic rings. The summed E-state index contributed by atoms with van der Waals surface area (Å²) < 4.78 is 5.37. The molecule has 80 valence electrons. The third-order valence-corrected chi connectivity index (χ3v) is 4.09. The summed E-state index contributed by atoms with van der Waals surface area (Å²) in [4.78, 5) is 2.57. The highest BCUT2D eigenvalue weighted by molar-refractivity contribution is 5.10. The average Bonchev–Trinajstić information content (AvgIpc) is 2.98. The van der Waals surface area contributed by atoms with Crippen molar-refractivity contribution in [3.63, 3.8) is 0 Å². The van der Waals surface area contributed by atoms with Crippen LogP contribution in [0.4, 0.5) is 0 Å². The third kappa shape index (κ3) is 1.47. The summed E-state index contributed by atoms with van der Waals surface area (Å²) in [6.45, 7) is 4.18. The molecule has 3 rings (SSSR count). The van der Waals surface area contributed by atoms with Crippen molar-refractivity contribution in [1.82, 2.24) is 4.90 Å². The van der Waals surface area contributed by atoms with E-state index in [1.165, 1.54) is 25.7 Å². The summed E-state index contributed by atoms with van der Waals surface area (Å²) in [6, 6.07) is 0.763. The van der Waals surface area contributed by atoms with Gasteiger partial charge in [0.25, 0.3) is 0 Å². The fraction of sp³-hybridized carbons (Fsp3) is 1.00. The molecule has 2 N–H and O–H groups in total. The van der Waals surface area contributed by atoms with Gasteiger partial charge in [-0.05, 0) is 31.6 Å². The fourth-order valence-electron chi connectivity index (χ4n) is 2.93. The summed E-state index contributed by atoms with van der Waals surface area (Å²) in [7, 11) is 0.